The molecule has 1 unspecified atom stereocenters. The second-order valence-corrected chi connectivity index (χ2v) is 8.81. The Labute approximate surface area is 204 Å². The monoisotopic (exact) mass is 473 g/mol. The van der Waals surface area contributed by atoms with Gasteiger partial charge in [-0.3, -0.25) is 4.79 Å². The van der Waals surface area contributed by atoms with Crippen molar-refractivity contribution in [2.75, 3.05) is 13.1 Å². The van der Waals surface area contributed by atoms with E-state index in [-0.39, 0.29) is 30.9 Å². The number of carbonyl (C=O) groups excluding carboxylic acids is 1. The minimum absolute atomic E-state index is 0.00294. The Hall–Kier alpha value is -3.65. The summed E-state index contributed by atoms with van der Waals surface area (Å²) in [5, 5.41) is 34.0. The molecule has 0 radical (unpaired) electrons. The summed E-state index contributed by atoms with van der Waals surface area (Å²) in [6.45, 7) is 2.82. The third-order valence-corrected chi connectivity index (χ3v) is 6.08. The van der Waals surface area contributed by atoms with Crippen LogP contribution in [0.2, 0.25) is 0 Å². The lowest BCUT2D eigenvalue weighted by atomic mass is 10.0. The van der Waals surface area contributed by atoms with Gasteiger partial charge in [0.1, 0.15) is 11.4 Å². The number of carbonyl (C=O) groups is 1. The fraction of sp³-hybridized carbons (Fsp3) is 0.250. The van der Waals surface area contributed by atoms with E-state index in [0.29, 0.717) is 29.9 Å². The largest absolute Gasteiger partial charge is 0.508 e. The Morgan fingerprint density at radius 1 is 1.03 bits per heavy atom. The third-order valence-electron chi connectivity index (χ3n) is 6.08. The van der Waals surface area contributed by atoms with Crippen molar-refractivity contribution in [2.24, 2.45) is 0 Å². The predicted octanol–water partition coefficient (Wildman–Crippen LogP) is 3.72. The average molecular weight is 474 g/mol. The summed E-state index contributed by atoms with van der Waals surface area (Å²) in [6, 6.07) is 24.1. The van der Waals surface area contributed by atoms with E-state index in [0.717, 1.165) is 16.5 Å². The van der Waals surface area contributed by atoms with Crippen LogP contribution in [-0.2, 0) is 13.2 Å². The summed E-state index contributed by atoms with van der Waals surface area (Å²) in [7, 11) is 0. The predicted molar refractivity (Wildman–Crippen MR) is 136 cm³/mol. The molecule has 0 bridgehead atoms. The van der Waals surface area contributed by atoms with Gasteiger partial charge in [-0.1, -0.05) is 54.6 Å². The standard InChI is InChI=1S/C28H31N3O4/c1-19(29-15-27(34)22-11-12-26(33)23(13-22)18-32)16-31(17-20-7-3-2-4-8-20)28(35)25-14-21-9-5-6-10-24(21)30-25/h2-14,19,27,29-30,32-34H,15-18H2,1H3/t19?,27-/m0/s1. The summed E-state index contributed by atoms with van der Waals surface area (Å²) in [5.74, 6) is -0.0952. The topological polar surface area (TPSA) is 109 Å². The van der Waals surface area contributed by atoms with Crippen LogP contribution in [-0.4, -0.2) is 50.2 Å². The molecule has 1 aromatic heterocycles. The van der Waals surface area contributed by atoms with Crippen molar-refractivity contribution in [3.8, 4) is 5.75 Å². The number of nitrogens with zero attached hydrogens (tertiary/aromatic N) is 1. The van der Waals surface area contributed by atoms with Crippen LogP contribution in [0.25, 0.3) is 10.9 Å². The first-order valence-electron chi connectivity index (χ1n) is 11.7. The quantitative estimate of drug-likeness (QED) is 0.241. The van der Waals surface area contributed by atoms with Crippen LogP contribution in [0.5, 0.6) is 5.75 Å². The van der Waals surface area contributed by atoms with Crippen LogP contribution in [0.15, 0.2) is 78.9 Å². The molecule has 182 valence electrons. The molecular weight excluding hydrogens is 442 g/mol. The molecular formula is C28H31N3O4. The number of aromatic nitrogens is 1. The SMILES string of the molecule is CC(CN(Cc1ccccc1)C(=O)c1cc2ccccc2[nH]1)NC[C@H](O)c1ccc(O)c(CO)c1. The van der Waals surface area contributed by atoms with Crippen LogP contribution in [0, 0.1) is 0 Å². The van der Waals surface area contributed by atoms with Gasteiger partial charge in [0.05, 0.1) is 12.7 Å². The highest BCUT2D eigenvalue weighted by molar-refractivity contribution is 5.98. The van der Waals surface area contributed by atoms with E-state index < -0.39 is 6.10 Å². The highest BCUT2D eigenvalue weighted by Crippen LogP contribution is 2.22. The molecule has 3 aromatic carbocycles. The lowest BCUT2D eigenvalue weighted by molar-refractivity contribution is 0.0719. The van der Waals surface area contributed by atoms with E-state index >= 15 is 0 Å². The second kappa shape index (κ2) is 11.2. The number of aromatic amines is 1. The number of phenols is 1. The van der Waals surface area contributed by atoms with Crippen LogP contribution >= 0.6 is 0 Å². The van der Waals surface area contributed by atoms with Crippen molar-refractivity contribution in [3.05, 3.63) is 101 Å². The summed E-state index contributed by atoms with van der Waals surface area (Å²) in [6.07, 6.45) is -0.824. The van der Waals surface area contributed by atoms with Crippen LogP contribution in [0.4, 0.5) is 0 Å². The van der Waals surface area contributed by atoms with Crippen molar-refractivity contribution >= 4 is 16.8 Å². The summed E-state index contributed by atoms with van der Waals surface area (Å²) in [5.41, 5.74) is 3.45. The molecule has 0 spiro atoms. The minimum Gasteiger partial charge on any atom is -0.508 e. The van der Waals surface area contributed by atoms with Gasteiger partial charge in [0.25, 0.3) is 5.91 Å². The van der Waals surface area contributed by atoms with Gasteiger partial charge in [0.15, 0.2) is 0 Å². The first-order valence-corrected chi connectivity index (χ1v) is 11.7. The molecule has 0 aliphatic carbocycles. The molecule has 5 N–H and O–H groups in total. The Morgan fingerprint density at radius 2 is 1.77 bits per heavy atom. The number of benzene rings is 3. The van der Waals surface area contributed by atoms with Crippen molar-refractivity contribution in [2.45, 2.75) is 32.2 Å². The Bertz CT molecular complexity index is 1240. The van der Waals surface area contributed by atoms with Crippen molar-refractivity contribution in [1.82, 2.24) is 15.2 Å². The average Bonchev–Trinajstić information content (AvgIpc) is 3.32. The molecule has 0 aliphatic rings. The number of aliphatic hydroxyl groups excluding tert-OH is 2. The van der Waals surface area contributed by atoms with Crippen molar-refractivity contribution in [3.63, 3.8) is 0 Å². The summed E-state index contributed by atoms with van der Waals surface area (Å²) < 4.78 is 0. The van der Waals surface area contributed by atoms with Crippen molar-refractivity contribution < 1.29 is 20.1 Å². The maximum Gasteiger partial charge on any atom is 0.270 e. The number of para-hydroxylation sites is 1. The molecule has 35 heavy (non-hydrogen) atoms. The fourth-order valence-corrected chi connectivity index (χ4v) is 4.15. The minimum atomic E-state index is -0.824. The molecule has 4 rings (SSSR count). The fourth-order valence-electron chi connectivity index (χ4n) is 4.15. The van der Waals surface area contributed by atoms with E-state index in [1.54, 1.807) is 17.0 Å². The molecule has 1 amide bonds. The molecule has 0 saturated carbocycles. The third kappa shape index (κ3) is 6.08. The number of hydrogen-bond donors (Lipinski definition) is 5. The van der Waals surface area contributed by atoms with E-state index in [2.05, 4.69) is 10.3 Å². The molecule has 4 aromatic rings. The molecule has 2 atom stereocenters. The maximum atomic E-state index is 13.5. The van der Waals surface area contributed by atoms with Gasteiger partial charge < -0.3 is 30.5 Å². The lowest BCUT2D eigenvalue weighted by Gasteiger charge is -2.27. The van der Waals surface area contributed by atoms with Gasteiger partial charge in [-0.2, -0.15) is 0 Å². The molecule has 7 heteroatoms. The van der Waals surface area contributed by atoms with Gasteiger partial charge in [-0.05, 0) is 42.3 Å². The van der Waals surface area contributed by atoms with Gasteiger partial charge >= 0.3 is 0 Å². The van der Waals surface area contributed by atoms with E-state index in [9.17, 15) is 20.1 Å². The zero-order chi connectivity index (χ0) is 24.8. The van der Waals surface area contributed by atoms with Gasteiger partial charge in [0.2, 0.25) is 0 Å². The zero-order valence-corrected chi connectivity index (χ0v) is 19.7. The Balaban J connectivity index is 1.45. The number of aliphatic hydroxyl groups is 2. The number of hydrogen-bond acceptors (Lipinski definition) is 5. The summed E-state index contributed by atoms with van der Waals surface area (Å²) in [4.78, 5) is 18.5. The van der Waals surface area contributed by atoms with Crippen LogP contribution in [0.1, 0.15) is 40.2 Å². The van der Waals surface area contributed by atoms with Crippen LogP contribution < -0.4 is 5.32 Å². The second-order valence-electron chi connectivity index (χ2n) is 8.81. The number of rotatable bonds is 10. The molecule has 0 aliphatic heterocycles. The first-order chi connectivity index (χ1) is 16.9. The number of fused-ring (bicyclic) bond motifs is 1. The smallest absolute Gasteiger partial charge is 0.270 e. The lowest BCUT2D eigenvalue weighted by Crippen LogP contribution is -2.43. The molecule has 0 saturated heterocycles. The Morgan fingerprint density at radius 3 is 2.51 bits per heavy atom. The number of aromatic hydroxyl groups is 1. The van der Waals surface area contributed by atoms with Crippen molar-refractivity contribution in [1.29, 1.82) is 0 Å². The molecule has 0 fully saturated rings. The number of nitrogens with one attached hydrogen (secondary N) is 2. The molecule has 1 heterocycles. The highest BCUT2D eigenvalue weighted by atomic mass is 16.3. The van der Waals surface area contributed by atoms with Gasteiger partial charge in [-0.15, -0.1) is 0 Å². The Kier molecular flexibility index (Phi) is 7.82. The van der Waals surface area contributed by atoms with Gasteiger partial charge in [-0.25, -0.2) is 0 Å². The zero-order valence-electron chi connectivity index (χ0n) is 19.7. The van der Waals surface area contributed by atoms with E-state index in [4.69, 9.17) is 0 Å². The molecule has 7 nitrogen and oxygen atoms in total. The number of H-pyrrole nitrogens is 1. The van der Waals surface area contributed by atoms with Gasteiger partial charge in [0, 0.05) is 42.1 Å². The van der Waals surface area contributed by atoms with E-state index in [1.165, 1.54) is 6.07 Å². The first kappa shape index (κ1) is 24.5. The van der Waals surface area contributed by atoms with E-state index in [1.807, 2.05) is 67.6 Å². The van der Waals surface area contributed by atoms with Crippen LogP contribution in [0.3, 0.4) is 0 Å². The highest BCUT2D eigenvalue weighted by Gasteiger charge is 2.21. The maximum absolute atomic E-state index is 13.5. The normalized spacial score (nSPS) is 13.0. The summed E-state index contributed by atoms with van der Waals surface area (Å²) >= 11 is 0. The number of amides is 1.